The minimum Gasteiger partial charge on any atom is -0.310 e. The first-order valence-electron chi connectivity index (χ1n) is 18.9. The van der Waals surface area contributed by atoms with Crippen LogP contribution in [-0.2, 0) is 5.41 Å². The molecule has 9 aromatic rings. The second-order valence-electron chi connectivity index (χ2n) is 14.9. The van der Waals surface area contributed by atoms with Crippen LogP contribution >= 0.6 is 0 Å². The lowest BCUT2D eigenvalue weighted by atomic mass is 9.81. The van der Waals surface area contributed by atoms with E-state index in [9.17, 15) is 0 Å². The van der Waals surface area contributed by atoms with Crippen LogP contribution < -0.4 is 4.90 Å². The fourth-order valence-corrected chi connectivity index (χ4v) is 8.91. The maximum absolute atomic E-state index is 2.53. The molecule has 0 saturated heterocycles. The van der Waals surface area contributed by atoms with Crippen molar-refractivity contribution in [3.8, 4) is 44.5 Å². The lowest BCUT2D eigenvalue weighted by Gasteiger charge is -2.34. The van der Waals surface area contributed by atoms with Crippen LogP contribution in [0, 0.1) is 0 Å². The summed E-state index contributed by atoms with van der Waals surface area (Å²) in [6, 6.07) is 73.5. The summed E-state index contributed by atoms with van der Waals surface area (Å²) in [5.74, 6) is 0. The van der Waals surface area contributed by atoms with E-state index in [1.54, 1.807) is 0 Å². The summed E-state index contributed by atoms with van der Waals surface area (Å²) >= 11 is 0. The van der Waals surface area contributed by atoms with Gasteiger partial charge in [0.1, 0.15) is 0 Å². The van der Waals surface area contributed by atoms with E-state index in [-0.39, 0.29) is 5.41 Å². The molecule has 9 aromatic carbocycles. The van der Waals surface area contributed by atoms with Gasteiger partial charge in [-0.2, -0.15) is 0 Å². The summed E-state index contributed by atoms with van der Waals surface area (Å²) in [4.78, 5) is 2.53. The van der Waals surface area contributed by atoms with Gasteiger partial charge < -0.3 is 4.90 Å². The second-order valence-corrected chi connectivity index (χ2v) is 14.9. The summed E-state index contributed by atoms with van der Waals surface area (Å²) in [5, 5.41) is 4.94. The molecule has 0 fully saturated rings. The third kappa shape index (κ3) is 5.16. The highest BCUT2D eigenvalue weighted by molar-refractivity contribution is 6.06. The molecular weight excluding hydrogens is 651 g/mol. The van der Waals surface area contributed by atoms with Gasteiger partial charge in [-0.1, -0.05) is 184 Å². The van der Waals surface area contributed by atoms with E-state index in [1.807, 2.05) is 0 Å². The summed E-state index contributed by atoms with van der Waals surface area (Å²) in [6.45, 7) is 4.77. The van der Waals surface area contributed by atoms with E-state index in [1.165, 1.54) is 82.9 Å². The van der Waals surface area contributed by atoms with Gasteiger partial charge in [0.05, 0.1) is 11.4 Å². The van der Waals surface area contributed by atoms with Crippen LogP contribution in [-0.4, -0.2) is 0 Å². The quantitative estimate of drug-likeness (QED) is 0.168. The second kappa shape index (κ2) is 12.8. The van der Waals surface area contributed by atoms with Crippen LogP contribution in [0.15, 0.2) is 200 Å². The fraction of sp³-hybridized carbons (Fsp3) is 0.0566. The Bertz CT molecular complexity index is 2840. The number of hydrogen-bond donors (Lipinski definition) is 0. The first-order valence-corrected chi connectivity index (χ1v) is 18.9. The molecule has 0 radical (unpaired) electrons. The Labute approximate surface area is 317 Å². The zero-order valence-corrected chi connectivity index (χ0v) is 30.5. The maximum Gasteiger partial charge on any atom is 0.0546 e. The van der Waals surface area contributed by atoms with Gasteiger partial charge in [0, 0.05) is 16.7 Å². The van der Waals surface area contributed by atoms with Crippen LogP contribution in [0.5, 0.6) is 0 Å². The minimum atomic E-state index is -0.207. The predicted molar refractivity (Wildman–Crippen MR) is 230 cm³/mol. The number of hydrogen-bond acceptors (Lipinski definition) is 1. The Morgan fingerprint density at radius 1 is 0.370 bits per heavy atom. The first kappa shape index (κ1) is 32.0. The Balaban J connectivity index is 1.29. The van der Waals surface area contributed by atoms with Gasteiger partial charge in [0.25, 0.3) is 0 Å². The SMILES string of the molecule is CC1(C)c2ccccc2-c2cccc(N(c3ccc(-c4ccccc4)cc3)c3cccc(-c4cccc5ccccc45)c3-c3ccc4ccccc4c3)c21. The normalized spacial score (nSPS) is 12.8. The summed E-state index contributed by atoms with van der Waals surface area (Å²) in [5.41, 5.74) is 15.8. The summed E-state index contributed by atoms with van der Waals surface area (Å²) in [6.07, 6.45) is 0. The van der Waals surface area contributed by atoms with Gasteiger partial charge in [-0.3, -0.25) is 0 Å². The van der Waals surface area contributed by atoms with Crippen molar-refractivity contribution >= 4 is 38.6 Å². The molecule has 54 heavy (non-hydrogen) atoms. The molecule has 1 heteroatoms. The molecule has 0 unspecified atom stereocenters. The molecule has 0 spiro atoms. The molecule has 1 nitrogen and oxygen atoms in total. The van der Waals surface area contributed by atoms with Crippen molar-refractivity contribution in [2.45, 2.75) is 19.3 Å². The van der Waals surface area contributed by atoms with E-state index in [0.717, 1.165) is 11.4 Å². The van der Waals surface area contributed by atoms with Crippen molar-refractivity contribution in [3.63, 3.8) is 0 Å². The molecule has 0 aliphatic heterocycles. The molecule has 0 aromatic heterocycles. The van der Waals surface area contributed by atoms with Gasteiger partial charge in [-0.15, -0.1) is 0 Å². The Morgan fingerprint density at radius 2 is 0.944 bits per heavy atom. The molecule has 0 N–H and O–H groups in total. The smallest absolute Gasteiger partial charge is 0.0546 e. The van der Waals surface area contributed by atoms with E-state index < -0.39 is 0 Å². The zero-order valence-electron chi connectivity index (χ0n) is 30.5. The van der Waals surface area contributed by atoms with Crippen molar-refractivity contribution in [1.29, 1.82) is 0 Å². The molecule has 0 amide bonds. The monoisotopic (exact) mass is 689 g/mol. The van der Waals surface area contributed by atoms with Gasteiger partial charge in [0.2, 0.25) is 0 Å². The molecule has 0 saturated carbocycles. The highest BCUT2D eigenvalue weighted by Gasteiger charge is 2.39. The zero-order chi connectivity index (χ0) is 36.2. The topological polar surface area (TPSA) is 3.24 Å². The van der Waals surface area contributed by atoms with Crippen molar-refractivity contribution < 1.29 is 0 Å². The molecule has 0 bridgehead atoms. The van der Waals surface area contributed by atoms with E-state index in [4.69, 9.17) is 0 Å². The van der Waals surface area contributed by atoms with Crippen molar-refractivity contribution in [1.82, 2.24) is 0 Å². The minimum absolute atomic E-state index is 0.207. The van der Waals surface area contributed by atoms with E-state index >= 15 is 0 Å². The average Bonchev–Trinajstić information content (AvgIpc) is 3.47. The Kier molecular flexibility index (Phi) is 7.56. The van der Waals surface area contributed by atoms with Crippen molar-refractivity contribution in [2.75, 3.05) is 4.90 Å². The van der Waals surface area contributed by atoms with Gasteiger partial charge in [-0.25, -0.2) is 0 Å². The van der Waals surface area contributed by atoms with E-state index in [2.05, 4.69) is 219 Å². The third-order valence-corrected chi connectivity index (χ3v) is 11.4. The van der Waals surface area contributed by atoms with Crippen LogP contribution in [0.2, 0.25) is 0 Å². The number of fused-ring (bicyclic) bond motifs is 5. The highest BCUT2D eigenvalue weighted by atomic mass is 15.1. The number of benzene rings is 9. The standard InChI is InChI=1S/C53H39N/c1-53(2)48-26-11-10-22-45(48)47-25-14-28-50(52(47)53)54(42-33-31-38(32-34-42)36-15-4-3-5-16-36)49-27-13-24-46(44-23-12-20-39-18-8-9-21-43(39)44)51(49)41-30-29-37-17-6-7-19-40(37)35-41/h3-35H,1-2H3. The van der Waals surface area contributed by atoms with Crippen molar-refractivity contribution in [3.05, 3.63) is 211 Å². The summed E-state index contributed by atoms with van der Waals surface area (Å²) in [7, 11) is 0. The van der Waals surface area contributed by atoms with Gasteiger partial charge in [-0.05, 0) is 102 Å². The average molecular weight is 690 g/mol. The molecule has 0 heterocycles. The van der Waals surface area contributed by atoms with Gasteiger partial charge >= 0.3 is 0 Å². The molecular formula is C53H39N. The van der Waals surface area contributed by atoms with Crippen molar-refractivity contribution in [2.24, 2.45) is 0 Å². The lowest BCUT2D eigenvalue weighted by Crippen LogP contribution is -2.21. The molecule has 256 valence electrons. The lowest BCUT2D eigenvalue weighted by molar-refractivity contribution is 0.661. The number of anilines is 3. The first-order chi connectivity index (χ1) is 26.6. The maximum atomic E-state index is 2.53. The molecule has 1 aliphatic carbocycles. The number of nitrogens with zero attached hydrogens (tertiary/aromatic N) is 1. The largest absolute Gasteiger partial charge is 0.310 e. The molecule has 1 aliphatic rings. The Morgan fingerprint density at radius 3 is 1.78 bits per heavy atom. The van der Waals surface area contributed by atoms with Crippen LogP contribution in [0.25, 0.3) is 66.1 Å². The highest BCUT2D eigenvalue weighted by Crippen LogP contribution is 2.56. The van der Waals surface area contributed by atoms with Crippen LogP contribution in [0.1, 0.15) is 25.0 Å². The van der Waals surface area contributed by atoms with Crippen LogP contribution in [0.4, 0.5) is 17.1 Å². The molecule has 10 rings (SSSR count). The predicted octanol–water partition coefficient (Wildman–Crippen LogP) is 14.8. The summed E-state index contributed by atoms with van der Waals surface area (Å²) < 4.78 is 0. The molecule has 0 atom stereocenters. The Hall–Kier alpha value is -6.70. The van der Waals surface area contributed by atoms with Crippen LogP contribution in [0.3, 0.4) is 0 Å². The van der Waals surface area contributed by atoms with Gasteiger partial charge in [0.15, 0.2) is 0 Å². The number of rotatable bonds is 6. The fourth-order valence-electron chi connectivity index (χ4n) is 8.91. The van der Waals surface area contributed by atoms with E-state index in [0.29, 0.717) is 0 Å². The third-order valence-electron chi connectivity index (χ3n) is 11.4.